The fraction of sp³-hybridized carbons (Fsp3) is 0.615. The highest BCUT2D eigenvalue weighted by atomic mass is 16.5. The van der Waals surface area contributed by atoms with E-state index in [0.717, 1.165) is 36.5 Å². The molecule has 1 saturated carbocycles. The topological polar surface area (TPSA) is 46.2 Å². The number of pyridine rings is 1. The zero-order valence-electron chi connectivity index (χ0n) is 10.3. The molecule has 2 atom stereocenters. The predicted octanol–water partition coefficient (Wildman–Crippen LogP) is 1.50. The van der Waals surface area contributed by atoms with Crippen LogP contribution in [0.2, 0.25) is 0 Å². The highest BCUT2D eigenvalue weighted by Crippen LogP contribution is 2.44. The molecule has 1 aromatic heterocycles. The molecule has 0 radical (unpaired) electrons. The maximum absolute atomic E-state index is 5.76. The fourth-order valence-corrected chi connectivity index (χ4v) is 2.64. The van der Waals surface area contributed by atoms with Gasteiger partial charge < -0.3 is 15.4 Å². The molecule has 17 heavy (non-hydrogen) atoms. The largest absolute Gasteiger partial charge is 0.487 e. The van der Waals surface area contributed by atoms with Crippen LogP contribution in [-0.4, -0.2) is 30.2 Å². The molecule has 1 saturated heterocycles. The van der Waals surface area contributed by atoms with Crippen molar-refractivity contribution in [2.24, 2.45) is 11.8 Å². The number of nitrogens with one attached hydrogen (secondary N) is 2. The number of nitrogens with zero attached hydrogens (tertiary/aromatic N) is 1. The van der Waals surface area contributed by atoms with E-state index in [4.69, 9.17) is 4.74 Å². The van der Waals surface area contributed by atoms with Crippen LogP contribution in [0.3, 0.4) is 0 Å². The summed E-state index contributed by atoms with van der Waals surface area (Å²) in [4.78, 5) is 4.38. The smallest absolute Gasteiger partial charge is 0.169 e. The van der Waals surface area contributed by atoms with Crippen LogP contribution in [0.1, 0.15) is 13.8 Å². The molecule has 2 unspecified atom stereocenters. The summed E-state index contributed by atoms with van der Waals surface area (Å²) in [5.74, 6) is 3.31. The van der Waals surface area contributed by atoms with Gasteiger partial charge in [-0.1, -0.05) is 0 Å². The van der Waals surface area contributed by atoms with Crippen LogP contribution in [0, 0.1) is 11.8 Å². The number of rotatable bonds is 4. The quantitative estimate of drug-likeness (QED) is 0.827. The third-order valence-corrected chi connectivity index (χ3v) is 3.53. The van der Waals surface area contributed by atoms with Gasteiger partial charge in [0.25, 0.3) is 0 Å². The van der Waals surface area contributed by atoms with Gasteiger partial charge in [0, 0.05) is 25.3 Å². The van der Waals surface area contributed by atoms with Crippen molar-refractivity contribution in [1.82, 2.24) is 10.3 Å². The van der Waals surface area contributed by atoms with Gasteiger partial charge in [0.05, 0.1) is 6.10 Å². The maximum Gasteiger partial charge on any atom is 0.169 e. The van der Waals surface area contributed by atoms with Gasteiger partial charge in [-0.25, -0.2) is 4.98 Å². The summed E-state index contributed by atoms with van der Waals surface area (Å²) in [6.07, 6.45) is 1.99. The minimum absolute atomic E-state index is 0.181. The average molecular weight is 233 g/mol. The van der Waals surface area contributed by atoms with Gasteiger partial charge in [0.15, 0.2) is 11.6 Å². The Morgan fingerprint density at radius 1 is 1.41 bits per heavy atom. The summed E-state index contributed by atoms with van der Waals surface area (Å²) < 4.78 is 5.76. The minimum Gasteiger partial charge on any atom is -0.487 e. The Bertz CT molecular complexity index is 397. The molecule has 0 spiro atoms. The fourth-order valence-electron chi connectivity index (χ4n) is 2.64. The minimum atomic E-state index is 0.181. The van der Waals surface area contributed by atoms with E-state index in [1.807, 2.05) is 32.2 Å². The zero-order valence-corrected chi connectivity index (χ0v) is 10.3. The second-order valence-electron chi connectivity index (χ2n) is 5.17. The van der Waals surface area contributed by atoms with Gasteiger partial charge in [-0.15, -0.1) is 0 Å². The Morgan fingerprint density at radius 3 is 2.88 bits per heavy atom. The van der Waals surface area contributed by atoms with E-state index in [9.17, 15) is 0 Å². The number of piperidine rings is 1. The standard InChI is InChI=1S/C13H19N3O/c1-8(2)17-11-4-3-5-15-13(11)16-12-9-6-14-7-10(9)12/h3-5,8-10,12,14H,6-7H2,1-2H3,(H,15,16). The molecule has 0 bridgehead atoms. The Hall–Kier alpha value is -1.29. The summed E-state index contributed by atoms with van der Waals surface area (Å²) in [5.41, 5.74) is 0. The third-order valence-electron chi connectivity index (χ3n) is 3.53. The number of aromatic nitrogens is 1. The van der Waals surface area contributed by atoms with E-state index < -0.39 is 0 Å². The van der Waals surface area contributed by atoms with Gasteiger partial charge in [-0.2, -0.15) is 0 Å². The number of fused-ring (bicyclic) bond motifs is 1. The normalized spacial score (nSPS) is 30.2. The third kappa shape index (κ3) is 2.09. The van der Waals surface area contributed by atoms with Crippen molar-refractivity contribution < 1.29 is 4.74 Å². The van der Waals surface area contributed by atoms with Crippen LogP contribution >= 0.6 is 0 Å². The molecule has 2 heterocycles. The molecule has 4 heteroatoms. The number of ether oxygens (including phenoxy) is 1. The first kappa shape index (κ1) is 10.8. The molecule has 1 aliphatic heterocycles. The van der Waals surface area contributed by atoms with E-state index in [0.29, 0.717) is 6.04 Å². The second-order valence-corrected chi connectivity index (χ2v) is 5.17. The van der Waals surface area contributed by atoms with Crippen LogP contribution in [0.5, 0.6) is 5.75 Å². The van der Waals surface area contributed by atoms with Crippen molar-refractivity contribution >= 4 is 5.82 Å². The van der Waals surface area contributed by atoms with E-state index in [1.54, 1.807) is 0 Å². The molecule has 0 aromatic carbocycles. The summed E-state index contributed by atoms with van der Waals surface area (Å²) in [6.45, 7) is 6.34. The molecule has 2 N–H and O–H groups in total. The van der Waals surface area contributed by atoms with E-state index in [-0.39, 0.29) is 6.10 Å². The van der Waals surface area contributed by atoms with Crippen LogP contribution in [0.4, 0.5) is 5.82 Å². The summed E-state index contributed by atoms with van der Waals surface area (Å²) in [7, 11) is 0. The molecular formula is C13H19N3O. The number of hydrogen-bond donors (Lipinski definition) is 2. The van der Waals surface area contributed by atoms with Crippen molar-refractivity contribution in [3.8, 4) is 5.75 Å². The summed E-state index contributed by atoms with van der Waals surface area (Å²) >= 11 is 0. The Labute approximate surface area is 102 Å². The van der Waals surface area contributed by atoms with Gasteiger partial charge in [0.1, 0.15) is 0 Å². The molecule has 0 amide bonds. The summed E-state index contributed by atoms with van der Waals surface area (Å²) in [5, 5.41) is 6.91. The first-order valence-electron chi connectivity index (χ1n) is 6.34. The molecule has 2 fully saturated rings. The van der Waals surface area contributed by atoms with Crippen molar-refractivity contribution in [2.75, 3.05) is 18.4 Å². The van der Waals surface area contributed by atoms with Crippen molar-refractivity contribution in [1.29, 1.82) is 0 Å². The lowest BCUT2D eigenvalue weighted by Crippen LogP contribution is -2.22. The van der Waals surface area contributed by atoms with Crippen LogP contribution in [-0.2, 0) is 0 Å². The van der Waals surface area contributed by atoms with E-state index in [1.165, 1.54) is 0 Å². The lowest BCUT2D eigenvalue weighted by Gasteiger charge is -2.15. The first-order valence-corrected chi connectivity index (χ1v) is 6.34. The lowest BCUT2D eigenvalue weighted by molar-refractivity contribution is 0.243. The molecule has 3 rings (SSSR count). The first-order chi connectivity index (χ1) is 8.25. The van der Waals surface area contributed by atoms with Gasteiger partial charge >= 0.3 is 0 Å². The van der Waals surface area contributed by atoms with E-state index >= 15 is 0 Å². The maximum atomic E-state index is 5.76. The predicted molar refractivity (Wildman–Crippen MR) is 67.3 cm³/mol. The molecule has 4 nitrogen and oxygen atoms in total. The Morgan fingerprint density at radius 2 is 2.18 bits per heavy atom. The van der Waals surface area contributed by atoms with Crippen molar-refractivity contribution in [2.45, 2.75) is 26.0 Å². The van der Waals surface area contributed by atoms with Gasteiger partial charge in [-0.3, -0.25) is 0 Å². The molecule has 2 aliphatic rings. The number of anilines is 1. The molecule has 1 aliphatic carbocycles. The Balaban J connectivity index is 1.70. The van der Waals surface area contributed by atoms with Crippen LogP contribution < -0.4 is 15.4 Å². The molecule has 1 aromatic rings. The average Bonchev–Trinajstić information content (AvgIpc) is 2.74. The zero-order chi connectivity index (χ0) is 11.8. The van der Waals surface area contributed by atoms with Gasteiger partial charge in [0.2, 0.25) is 0 Å². The monoisotopic (exact) mass is 233 g/mol. The van der Waals surface area contributed by atoms with Crippen LogP contribution in [0.15, 0.2) is 18.3 Å². The SMILES string of the molecule is CC(C)Oc1cccnc1NC1C2CNCC21. The Kier molecular flexibility index (Phi) is 2.67. The van der Waals surface area contributed by atoms with Gasteiger partial charge in [-0.05, 0) is 37.8 Å². The highest BCUT2D eigenvalue weighted by Gasteiger charge is 2.53. The van der Waals surface area contributed by atoms with Crippen molar-refractivity contribution in [3.63, 3.8) is 0 Å². The summed E-state index contributed by atoms with van der Waals surface area (Å²) in [6, 6.07) is 4.48. The van der Waals surface area contributed by atoms with Crippen LogP contribution in [0.25, 0.3) is 0 Å². The lowest BCUT2D eigenvalue weighted by atomic mass is 10.3. The number of hydrogen-bond acceptors (Lipinski definition) is 4. The van der Waals surface area contributed by atoms with E-state index in [2.05, 4.69) is 15.6 Å². The second kappa shape index (κ2) is 4.18. The van der Waals surface area contributed by atoms with Crippen molar-refractivity contribution in [3.05, 3.63) is 18.3 Å². The molecule has 92 valence electrons. The molecular weight excluding hydrogens is 214 g/mol. The highest BCUT2D eigenvalue weighted by molar-refractivity contribution is 5.52.